The zero-order valence-corrected chi connectivity index (χ0v) is 19.3. The quantitative estimate of drug-likeness (QED) is 0.455. The van der Waals surface area contributed by atoms with Crippen molar-refractivity contribution in [2.24, 2.45) is 34.8 Å². The third-order valence-electron chi connectivity index (χ3n) is 7.16. The average molecular weight is 365 g/mol. The number of nitrogens with two attached hydrogens (primary N) is 1. The lowest BCUT2D eigenvalue weighted by Gasteiger charge is -2.47. The van der Waals surface area contributed by atoms with Crippen LogP contribution in [0.4, 0.5) is 0 Å². The summed E-state index contributed by atoms with van der Waals surface area (Å²) in [6.45, 7) is 22.1. The normalized spacial score (nSPS) is 30.8. The number of hydrogen-bond acceptors (Lipinski definition) is 2. The van der Waals surface area contributed by atoms with Crippen molar-refractivity contribution in [3.8, 4) is 0 Å². The van der Waals surface area contributed by atoms with Crippen LogP contribution in [0, 0.1) is 29.1 Å². The number of nitrogens with one attached hydrogen (secondary N) is 1. The molecule has 3 N–H and O–H groups in total. The summed E-state index contributed by atoms with van der Waals surface area (Å²) < 4.78 is 0. The van der Waals surface area contributed by atoms with Crippen molar-refractivity contribution in [1.82, 2.24) is 5.32 Å². The molecule has 0 aromatic heterocycles. The molecule has 0 spiro atoms. The average Bonchev–Trinajstić information content (AvgIpc) is 2.84. The van der Waals surface area contributed by atoms with Gasteiger partial charge in [0.1, 0.15) is 0 Å². The molecule has 26 heavy (non-hydrogen) atoms. The summed E-state index contributed by atoms with van der Waals surface area (Å²) in [7, 11) is 0. The molecule has 1 rings (SSSR count). The Kier molecular flexibility index (Phi) is 8.87. The maximum Gasteiger partial charge on any atom is 0.0220 e. The summed E-state index contributed by atoms with van der Waals surface area (Å²) in [5.74, 6) is 2.28. The fourth-order valence-corrected chi connectivity index (χ4v) is 5.51. The molecule has 154 valence electrons. The van der Waals surface area contributed by atoms with E-state index in [1.165, 1.54) is 32.1 Å². The molecule has 1 aliphatic rings. The fourth-order valence-electron chi connectivity index (χ4n) is 5.51. The first kappa shape index (κ1) is 23.7. The van der Waals surface area contributed by atoms with E-state index >= 15 is 0 Å². The van der Waals surface area contributed by atoms with Crippen LogP contribution in [0.3, 0.4) is 0 Å². The SMILES string of the molecule is CCC[C@]1(C)C([C@@](C)(N)[C@H](C)/C=C(/CC(C)C)C(C)C)CC[C@@H]1NCC. The summed E-state index contributed by atoms with van der Waals surface area (Å²) in [4.78, 5) is 0. The van der Waals surface area contributed by atoms with E-state index in [-0.39, 0.29) is 5.54 Å². The van der Waals surface area contributed by atoms with Crippen molar-refractivity contribution < 1.29 is 0 Å². The predicted molar refractivity (Wildman–Crippen MR) is 117 cm³/mol. The van der Waals surface area contributed by atoms with Crippen LogP contribution >= 0.6 is 0 Å². The monoisotopic (exact) mass is 364 g/mol. The molecule has 5 atom stereocenters. The zero-order chi connectivity index (χ0) is 20.1. The van der Waals surface area contributed by atoms with Crippen LogP contribution in [-0.4, -0.2) is 18.1 Å². The van der Waals surface area contributed by atoms with Crippen LogP contribution in [0.25, 0.3) is 0 Å². The molecule has 1 aliphatic carbocycles. The molecular weight excluding hydrogens is 316 g/mol. The van der Waals surface area contributed by atoms with Gasteiger partial charge >= 0.3 is 0 Å². The topological polar surface area (TPSA) is 38.0 Å². The molecule has 2 heteroatoms. The Labute approximate surface area is 164 Å². The number of hydrogen-bond donors (Lipinski definition) is 2. The van der Waals surface area contributed by atoms with Gasteiger partial charge in [0.15, 0.2) is 0 Å². The van der Waals surface area contributed by atoms with Crippen LogP contribution in [0.1, 0.15) is 94.4 Å². The van der Waals surface area contributed by atoms with Gasteiger partial charge in [0, 0.05) is 11.6 Å². The molecule has 0 amide bonds. The Morgan fingerprint density at radius 1 is 1.19 bits per heavy atom. The number of allylic oxidation sites excluding steroid dienone is 1. The van der Waals surface area contributed by atoms with Crippen molar-refractivity contribution in [3.05, 3.63) is 11.6 Å². The van der Waals surface area contributed by atoms with Crippen LogP contribution < -0.4 is 11.1 Å². The third kappa shape index (κ3) is 5.35. The second-order valence-corrected chi connectivity index (χ2v) is 10.1. The lowest BCUT2D eigenvalue weighted by Crippen LogP contribution is -2.56. The highest BCUT2D eigenvalue weighted by atomic mass is 15.0. The van der Waals surface area contributed by atoms with Gasteiger partial charge in [0.05, 0.1) is 0 Å². The van der Waals surface area contributed by atoms with Crippen molar-refractivity contribution in [3.63, 3.8) is 0 Å². The molecule has 0 heterocycles. The highest BCUT2D eigenvalue weighted by molar-refractivity contribution is 5.15. The molecular formula is C24H48N2. The van der Waals surface area contributed by atoms with Crippen LogP contribution in [0.5, 0.6) is 0 Å². The van der Waals surface area contributed by atoms with Crippen LogP contribution in [0.15, 0.2) is 11.6 Å². The smallest absolute Gasteiger partial charge is 0.0220 e. The molecule has 0 bridgehead atoms. The molecule has 0 aliphatic heterocycles. The van der Waals surface area contributed by atoms with Crippen LogP contribution in [0.2, 0.25) is 0 Å². The number of rotatable bonds is 10. The molecule has 1 unspecified atom stereocenters. The van der Waals surface area contributed by atoms with Crippen molar-refractivity contribution >= 4 is 0 Å². The summed E-state index contributed by atoms with van der Waals surface area (Å²) in [6.07, 6.45) is 8.73. The van der Waals surface area contributed by atoms with E-state index in [9.17, 15) is 0 Å². The van der Waals surface area contributed by atoms with Gasteiger partial charge in [0.25, 0.3) is 0 Å². The molecule has 0 radical (unpaired) electrons. The van der Waals surface area contributed by atoms with E-state index in [2.05, 4.69) is 73.7 Å². The van der Waals surface area contributed by atoms with Gasteiger partial charge in [-0.1, -0.05) is 73.5 Å². The molecule has 2 nitrogen and oxygen atoms in total. The molecule has 0 aromatic rings. The Morgan fingerprint density at radius 3 is 2.27 bits per heavy atom. The van der Waals surface area contributed by atoms with Gasteiger partial charge in [-0.15, -0.1) is 0 Å². The fraction of sp³-hybridized carbons (Fsp3) is 0.917. The van der Waals surface area contributed by atoms with E-state index in [4.69, 9.17) is 5.73 Å². The minimum Gasteiger partial charge on any atom is -0.325 e. The summed E-state index contributed by atoms with van der Waals surface area (Å²) in [5.41, 5.74) is 8.86. The van der Waals surface area contributed by atoms with Crippen molar-refractivity contribution in [1.29, 1.82) is 0 Å². The largest absolute Gasteiger partial charge is 0.325 e. The second-order valence-electron chi connectivity index (χ2n) is 10.1. The van der Waals surface area contributed by atoms with E-state index in [1.54, 1.807) is 5.57 Å². The van der Waals surface area contributed by atoms with Gasteiger partial charge in [-0.3, -0.25) is 0 Å². The Bertz CT molecular complexity index is 449. The predicted octanol–water partition coefficient (Wildman–Crippen LogP) is 6.16. The van der Waals surface area contributed by atoms with Gasteiger partial charge in [-0.2, -0.15) is 0 Å². The lowest BCUT2D eigenvalue weighted by atomic mass is 9.62. The molecule has 1 fully saturated rings. The Balaban J connectivity index is 3.12. The zero-order valence-electron chi connectivity index (χ0n) is 19.3. The maximum atomic E-state index is 7.14. The third-order valence-corrected chi connectivity index (χ3v) is 7.16. The molecule has 0 saturated heterocycles. The van der Waals surface area contributed by atoms with Gasteiger partial charge in [0.2, 0.25) is 0 Å². The Hall–Kier alpha value is -0.340. The Morgan fingerprint density at radius 2 is 1.81 bits per heavy atom. The standard InChI is InChI=1S/C24H48N2/c1-10-14-23(8)21(12-13-22(23)26-11-2)24(9,25)19(7)16-20(18(5)6)15-17(3)4/h16-19,21-22,26H,10-15,25H2,1-9H3/b20-16-/t19-,21?,22+,23-,24+/m1/s1. The highest BCUT2D eigenvalue weighted by Crippen LogP contribution is 2.52. The van der Waals surface area contributed by atoms with Crippen molar-refractivity contribution in [2.75, 3.05) is 6.54 Å². The minimum absolute atomic E-state index is 0.161. The summed E-state index contributed by atoms with van der Waals surface area (Å²) >= 11 is 0. The lowest BCUT2D eigenvalue weighted by molar-refractivity contribution is 0.0815. The van der Waals surface area contributed by atoms with Gasteiger partial charge in [-0.05, 0) is 68.2 Å². The first-order valence-electron chi connectivity index (χ1n) is 11.2. The highest BCUT2D eigenvalue weighted by Gasteiger charge is 2.52. The van der Waals surface area contributed by atoms with E-state index in [1.807, 2.05) is 0 Å². The molecule has 0 aromatic carbocycles. The first-order chi connectivity index (χ1) is 12.0. The summed E-state index contributed by atoms with van der Waals surface area (Å²) in [6, 6.07) is 0.608. The van der Waals surface area contributed by atoms with Crippen molar-refractivity contribution in [2.45, 2.75) is 106 Å². The minimum atomic E-state index is -0.161. The van der Waals surface area contributed by atoms with E-state index in [0.29, 0.717) is 35.1 Å². The summed E-state index contributed by atoms with van der Waals surface area (Å²) in [5, 5.41) is 3.78. The van der Waals surface area contributed by atoms with Gasteiger partial charge in [-0.25, -0.2) is 0 Å². The second kappa shape index (κ2) is 9.73. The molecule has 1 saturated carbocycles. The van der Waals surface area contributed by atoms with Crippen LogP contribution in [-0.2, 0) is 0 Å². The van der Waals surface area contributed by atoms with E-state index < -0.39 is 0 Å². The maximum absolute atomic E-state index is 7.14. The van der Waals surface area contributed by atoms with E-state index in [0.717, 1.165) is 6.54 Å². The first-order valence-corrected chi connectivity index (χ1v) is 11.2. The van der Waals surface area contributed by atoms with Gasteiger partial charge < -0.3 is 11.1 Å².